The van der Waals surface area contributed by atoms with Gasteiger partial charge >= 0.3 is 0 Å². The lowest BCUT2D eigenvalue weighted by Gasteiger charge is -2.38. The summed E-state index contributed by atoms with van der Waals surface area (Å²) < 4.78 is 0. The first-order valence-electron chi connectivity index (χ1n) is 9.17. The van der Waals surface area contributed by atoms with Crippen LogP contribution in [0, 0.1) is 5.92 Å². The number of piperidine rings is 1. The molecular weight excluding hydrogens is 316 g/mol. The second-order valence-electron chi connectivity index (χ2n) is 7.44. The minimum absolute atomic E-state index is 0.0603. The van der Waals surface area contributed by atoms with Crippen LogP contribution in [0.3, 0.4) is 0 Å². The molecule has 6 heteroatoms. The lowest BCUT2D eigenvalue weighted by atomic mass is 9.98. The molecule has 2 aliphatic rings. The van der Waals surface area contributed by atoms with Crippen molar-refractivity contribution in [3.63, 3.8) is 0 Å². The third kappa shape index (κ3) is 4.37. The Kier molecular flexibility index (Phi) is 5.68. The second kappa shape index (κ2) is 7.95. The average Bonchev–Trinajstić information content (AvgIpc) is 2.96. The lowest BCUT2D eigenvalue weighted by Crippen LogP contribution is -2.50. The van der Waals surface area contributed by atoms with Gasteiger partial charge in [-0.05, 0) is 45.5 Å². The SMILES string of the molecule is CN(C)C[C@@H]1CCCCN1C(=O)[C@H]1CC(=O)N(Cc2ccccn2)C1. The van der Waals surface area contributed by atoms with Crippen molar-refractivity contribution in [3.8, 4) is 0 Å². The molecule has 6 nitrogen and oxygen atoms in total. The van der Waals surface area contributed by atoms with E-state index in [4.69, 9.17) is 0 Å². The van der Waals surface area contributed by atoms with Crippen molar-refractivity contribution < 1.29 is 9.59 Å². The summed E-state index contributed by atoms with van der Waals surface area (Å²) >= 11 is 0. The lowest BCUT2D eigenvalue weighted by molar-refractivity contribution is -0.139. The number of rotatable bonds is 5. The van der Waals surface area contributed by atoms with Crippen molar-refractivity contribution in [3.05, 3.63) is 30.1 Å². The van der Waals surface area contributed by atoms with Crippen LogP contribution in [-0.4, -0.2) is 71.3 Å². The van der Waals surface area contributed by atoms with Crippen molar-refractivity contribution in [1.29, 1.82) is 0 Å². The summed E-state index contributed by atoms with van der Waals surface area (Å²) in [6.07, 6.45) is 5.36. The molecule has 1 aromatic heterocycles. The zero-order valence-electron chi connectivity index (χ0n) is 15.2. The van der Waals surface area contributed by atoms with E-state index in [1.807, 2.05) is 37.2 Å². The number of aromatic nitrogens is 1. The molecule has 2 saturated heterocycles. The molecule has 25 heavy (non-hydrogen) atoms. The van der Waals surface area contributed by atoms with Gasteiger partial charge in [-0.1, -0.05) is 6.07 Å². The van der Waals surface area contributed by atoms with Gasteiger partial charge in [0.05, 0.1) is 18.2 Å². The van der Waals surface area contributed by atoms with Gasteiger partial charge in [0.25, 0.3) is 0 Å². The van der Waals surface area contributed by atoms with Crippen LogP contribution in [0.5, 0.6) is 0 Å². The predicted octanol–water partition coefficient (Wildman–Crippen LogP) is 1.37. The smallest absolute Gasteiger partial charge is 0.228 e. The van der Waals surface area contributed by atoms with Gasteiger partial charge in [0.2, 0.25) is 11.8 Å². The molecule has 0 aromatic carbocycles. The van der Waals surface area contributed by atoms with Crippen LogP contribution in [0.4, 0.5) is 0 Å². The minimum Gasteiger partial charge on any atom is -0.338 e. The summed E-state index contributed by atoms with van der Waals surface area (Å²) in [4.78, 5) is 35.6. The van der Waals surface area contributed by atoms with Crippen LogP contribution in [0.15, 0.2) is 24.4 Å². The predicted molar refractivity (Wildman–Crippen MR) is 95.7 cm³/mol. The number of carbonyl (C=O) groups is 2. The Hall–Kier alpha value is -1.95. The summed E-state index contributed by atoms with van der Waals surface area (Å²) in [7, 11) is 4.09. The van der Waals surface area contributed by atoms with Gasteiger partial charge in [-0.25, -0.2) is 0 Å². The molecule has 2 aliphatic heterocycles. The fourth-order valence-corrected chi connectivity index (χ4v) is 3.91. The Labute approximate surface area is 149 Å². The van der Waals surface area contributed by atoms with Crippen LogP contribution >= 0.6 is 0 Å². The molecule has 2 atom stereocenters. The third-order valence-electron chi connectivity index (χ3n) is 5.13. The Balaban J connectivity index is 1.63. The second-order valence-corrected chi connectivity index (χ2v) is 7.44. The van der Waals surface area contributed by atoms with Gasteiger partial charge in [0, 0.05) is 38.3 Å². The van der Waals surface area contributed by atoms with Gasteiger partial charge in [0.1, 0.15) is 0 Å². The number of likely N-dealkylation sites (N-methyl/N-ethyl adjacent to an activating group) is 1. The molecule has 0 bridgehead atoms. The Morgan fingerprint density at radius 2 is 2.16 bits per heavy atom. The molecule has 0 radical (unpaired) electrons. The van der Waals surface area contributed by atoms with E-state index in [0.29, 0.717) is 19.5 Å². The van der Waals surface area contributed by atoms with Gasteiger partial charge < -0.3 is 14.7 Å². The highest BCUT2D eigenvalue weighted by atomic mass is 16.2. The number of amides is 2. The molecule has 136 valence electrons. The maximum Gasteiger partial charge on any atom is 0.228 e. The number of hydrogen-bond acceptors (Lipinski definition) is 4. The fourth-order valence-electron chi connectivity index (χ4n) is 3.91. The van der Waals surface area contributed by atoms with Crippen LogP contribution in [0.1, 0.15) is 31.4 Å². The van der Waals surface area contributed by atoms with Crippen LogP contribution in [-0.2, 0) is 16.1 Å². The van der Waals surface area contributed by atoms with E-state index < -0.39 is 0 Å². The van der Waals surface area contributed by atoms with E-state index in [1.54, 1.807) is 11.1 Å². The van der Waals surface area contributed by atoms with Gasteiger partial charge in [-0.3, -0.25) is 14.6 Å². The van der Waals surface area contributed by atoms with E-state index in [1.165, 1.54) is 6.42 Å². The van der Waals surface area contributed by atoms with Crippen LogP contribution < -0.4 is 0 Å². The van der Waals surface area contributed by atoms with Crippen molar-refractivity contribution >= 4 is 11.8 Å². The maximum absolute atomic E-state index is 13.0. The number of likely N-dealkylation sites (tertiary alicyclic amines) is 2. The first kappa shape index (κ1) is 17.9. The quantitative estimate of drug-likeness (QED) is 0.810. The first-order chi connectivity index (χ1) is 12.0. The molecule has 2 fully saturated rings. The molecule has 0 saturated carbocycles. The number of carbonyl (C=O) groups excluding carboxylic acids is 2. The summed E-state index contributed by atoms with van der Waals surface area (Å²) in [5.41, 5.74) is 0.868. The van der Waals surface area contributed by atoms with E-state index in [-0.39, 0.29) is 23.8 Å². The molecule has 3 heterocycles. The third-order valence-corrected chi connectivity index (χ3v) is 5.13. The molecule has 2 amide bonds. The topological polar surface area (TPSA) is 56.8 Å². The normalized spacial score (nSPS) is 24.2. The van der Waals surface area contributed by atoms with Crippen molar-refractivity contribution in [1.82, 2.24) is 19.7 Å². The maximum atomic E-state index is 13.0. The fraction of sp³-hybridized carbons (Fsp3) is 0.632. The van der Waals surface area contributed by atoms with Gasteiger partial charge in [0.15, 0.2) is 0 Å². The monoisotopic (exact) mass is 344 g/mol. The Bertz CT molecular complexity index is 605. The highest BCUT2D eigenvalue weighted by Gasteiger charge is 2.39. The number of hydrogen-bond donors (Lipinski definition) is 0. The van der Waals surface area contributed by atoms with Gasteiger partial charge in [-0.15, -0.1) is 0 Å². The molecule has 0 spiro atoms. The van der Waals surface area contributed by atoms with E-state index >= 15 is 0 Å². The van der Waals surface area contributed by atoms with Crippen molar-refractivity contribution in [2.75, 3.05) is 33.7 Å². The van der Waals surface area contributed by atoms with E-state index in [2.05, 4.69) is 9.88 Å². The summed E-state index contributed by atoms with van der Waals surface area (Å²) in [5.74, 6) is 0.00701. The molecule has 0 N–H and O–H groups in total. The molecule has 0 aliphatic carbocycles. The van der Waals surface area contributed by atoms with Gasteiger partial charge in [-0.2, -0.15) is 0 Å². The summed E-state index contributed by atoms with van der Waals surface area (Å²) in [6.45, 7) is 2.72. The Morgan fingerprint density at radius 1 is 1.32 bits per heavy atom. The number of pyridine rings is 1. The zero-order valence-corrected chi connectivity index (χ0v) is 15.2. The summed E-state index contributed by atoms with van der Waals surface area (Å²) in [6, 6.07) is 5.98. The standard InChI is InChI=1S/C19H28N4O2/c1-21(2)14-17-8-4-6-10-23(17)19(25)15-11-18(24)22(12-15)13-16-7-3-5-9-20-16/h3,5,7,9,15,17H,4,6,8,10-14H2,1-2H3/t15-,17-/m0/s1. The first-order valence-corrected chi connectivity index (χ1v) is 9.17. The van der Waals surface area contributed by atoms with E-state index in [9.17, 15) is 9.59 Å². The highest BCUT2D eigenvalue weighted by Crippen LogP contribution is 2.26. The molecular formula is C19H28N4O2. The van der Waals surface area contributed by atoms with Crippen LogP contribution in [0.2, 0.25) is 0 Å². The average molecular weight is 344 g/mol. The number of nitrogens with zero attached hydrogens (tertiary/aromatic N) is 4. The molecule has 1 aromatic rings. The minimum atomic E-state index is -0.209. The van der Waals surface area contributed by atoms with Crippen molar-refractivity contribution in [2.24, 2.45) is 5.92 Å². The van der Waals surface area contributed by atoms with Crippen LogP contribution in [0.25, 0.3) is 0 Å². The largest absolute Gasteiger partial charge is 0.338 e. The molecule has 3 rings (SSSR count). The van der Waals surface area contributed by atoms with Crippen molar-refractivity contribution in [2.45, 2.75) is 38.3 Å². The van der Waals surface area contributed by atoms with E-state index in [0.717, 1.165) is 31.6 Å². The molecule has 0 unspecified atom stereocenters. The highest BCUT2D eigenvalue weighted by molar-refractivity contribution is 5.89. The zero-order chi connectivity index (χ0) is 17.8. The summed E-state index contributed by atoms with van der Waals surface area (Å²) in [5, 5.41) is 0. The Morgan fingerprint density at radius 3 is 2.88 bits per heavy atom.